The number of esters is 1. The van der Waals surface area contributed by atoms with Gasteiger partial charge >= 0.3 is 12.1 Å². The standard InChI is InChI=1S/C19H26ClNO4/c1-5-24-16(22)19(14-7-6-8-15(20)13-14)9-11-21(12-10-19)17(23)25-18(2,3)4/h6-8,13H,5,9-12H2,1-4H3. The Morgan fingerprint density at radius 3 is 2.40 bits per heavy atom. The molecule has 0 N–H and O–H groups in total. The molecular weight excluding hydrogens is 342 g/mol. The van der Waals surface area contributed by atoms with Crippen LogP contribution in [0.4, 0.5) is 4.79 Å². The molecule has 2 rings (SSSR count). The number of benzene rings is 1. The van der Waals surface area contributed by atoms with Gasteiger partial charge in [-0.25, -0.2) is 4.79 Å². The largest absolute Gasteiger partial charge is 0.465 e. The number of piperidine rings is 1. The minimum absolute atomic E-state index is 0.263. The first-order valence-corrected chi connectivity index (χ1v) is 8.97. The van der Waals surface area contributed by atoms with Crippen molar-refractivity contribution in [2.75, 3.05) is 19.7 Å². The molecule has 1 amide bonds. The predicted molar refractivity (Wildman–Crippen MR) is 96.8 cm³/mol. The molecule has 138 valence electrons. The zero-order valence-electron chi connectivity index (χ0n) is 15.3. The van der Waals surface area contributed by atoms with E-state index in [0.717, 1.165) is 5.56 Å². The Bertz CT molecular complexity index is 631. The maximum atomic E-state index is 12.7. The number of hydrogen-bond donors (Lipinski definition) is 0. The van der Waals surface area contributed by atoms with E-state index in [4.69, 9.17) is 21.1 Å². The minimum Gasteiger partial charge on any atom is -0.465 e. The maximum absolute atomic E-state index is 12.7. The molecule has 0 bridgehead atoms. The number of carbonyl (C=O) groups is 2. The van der Waals surface area contributed by atoms with Crippen LogP contribution in [0.5, 0.6) is 0 Å². The van der Waals surface area contributed by atoms with E-state index >= 15 is 0 Å². The number of halogens is 1. The molecule has 0 spiro atoms. The second kappa shape index (κ2) is 7.65. The molecule has 1 fully saturated rings. The van der Waals surface area contributed by atoms with Crippen molar-refractivity contribution in [1.29, 1.82) is 0 Å². The molecule has 1 aromatic rings. The van der Waals surface area contributed by atoms with Crippen LogP contribution in [0.2, 0.25) is 5.02 Å². The number of hydrogen-bond acceptors (Lipinski definition) is 4. The van der Waals surface area contributed by atoms with Crippen LogP contribution in [-0.4, -0.2) is 42.3 Å². The molecule has 1 aliphatic rings. The van der Waals surface area contributed by atoms with Gasteiger partial charge in [-0.05, 0) is 58.2 Å². The molecule has 5 nitrogen and oxygen atoms in total. The molecule has 0 aromatic heterocycles. The lowest BCUT2D eigenvalue weighted by Gasteiger charge is -2.40. The Balaban J connectivity index is 2.21. The average Bonchev–Trinajstić information content (AvgIpc) is 2.53. The van der Waals surface area contributed by atoms with E-state index in [1.54, 1.807) is 17.9 Å². The molecule has 0 radical (unpaired) electrons. The van der Waals surface area contributed by atoms with Crippen molar-refractivity contribution in [1.82, 2.24) is 4.90 Å². The molecule has 0 unspecified atom stereocenters. The van der Waals surface area contributed by atoms with Crippen molar-refractivity contribution >= 4 is 23.7 Å². The second-order valence-electron chi connectivity index (χ2n) is 7.28. The minimum atomic E-state index is -0.778. The maximum Gasteiger partial charge on any atom is 0.410 e. The van der Waals surface area contributed by atoms with Gasteiger partial charge in [-0.1, -0.05) is 23.7 Å². The van der Waals surface area contributed by atoms with Gasteiger partial charge in [0.25, 0.3) is 0 Å². The van der Waals surface area contributed by atoms with Crippen LogP contribution in [-0.2, 0) is 19.7 Å². The number of nitrogens with zero attached hydrogens (tertiary/aromatic N) is 1. The summed E-state index contributed by atoms with van der Waals surface area (Å²) in [4.78, 5) is 26.7. The summed E-state index contributed by atoms with van der Waals surface area (Å²) in [7, 11) is 0. The molecule has 0 aliphatic carbocycles. The van der Waals surface area contributed by atoms with Crippen molar-refractivity contribution < 1.29 is 19.1 Å². The quantitative estimate of drug-likeness (QED) is 0.752. The summed E-state index contributed by atoms with van der Waals surface area (Å²) in [5, 5.41) is 0.579. The lowest BCUT2D eigenvalue weighted by Crippen LogP contribution is -2.50. The van der Waals surface area contributed by atoms with Gasteiger partial charge in [-0.3, -0.25) is 4.79 Å². The van der Waals surface area contributed by atoms with Crippen LogP contribution in [0.25, 0.3) is 0 Å². The fourth-order valence-corrected chi connectivity index (χ4v) is 3.25. The summed E-state index contributed by atoms with van der Waals surface area (Å²) < 4.78 is 10.8. The van der Waals surface area contributed by atoms with E-state index < -0.39 is 11.0 Å². The van der Waals surface area contributed by atoms with E-state index in [2.05, 4.69) is 0 Å². The van der Waals surface area contributed by atoms with Crippen molar-refractivity contribution in [2.24, 2.45) is 0 Å². The molecule has 25 heavy (non-hydrogen) atoms. The summed E-state index contributed by atoms with van der Waals surface area (Å²) in [6, 6.07) is 7.31. The topological polar surface area (TPSA) is 55.8 Å². The first-order chi connectivity index (χ1) is 11.7. The first kappa shape index (κ1) is 19.6. The van der Waals surface area contributed by atoms with Crippen molar-refractivity contribution in [2.45, 2.75) is 51.6 Å². The van der Waals surface area contributed by atoms with Crippen LogP contribution in [0, 0.1) is 0 Å². The van der Waals surface area contributed by atoms with Crippen LogP contribution in [0.1, 0.15) is 46.1 Å². The molecular formula is C19H26ClNO4. The molecule has 1 aromatic carbocycles. The number of amides is 1. The lowest BCUT2D eigenvalue weighted by atomic mass is 9.73. The van der Waals surface area contributed by atoms with Crippen LogP contribution in [0.3, 0.4) is 0 Å². The van der Waals surface area contributed by atoms with Crippen LogP contribution < -0.4 is 0 Å². The predicted octanol–water partition coefficient (Wildman–Crippen LogP) is 4.17. The fraction of sp³-hybridized carbons (Fsp3) is 0.579. The Kier molecular flexibility index (Phi) is 5.99. The molecule has 6 heteroatoms. The summed E-state index contributed by atoms with van der Waals surface area (Å²) >= 11 is 6.12. The third kappa shape index (κ3) is 4.66. The Labute approximate surface area is 154 Å². The Morgan fingerprint density at radius 2 is 1.88 bits per heavy atom. The fourth-order valence-electron chi connectivity index (χ4n) is 3.06. The zero-order valence-corrected chi connectivity index (χ0v) is 16.1. The number of likely N-dealkylation sites (tertiary alicyclic amines) is 1. The van der Waals surface area contributed by atoms with Gasteiger partial charge in [0, 0.05) is 18.1 Å². The normalized spacial score (nSPS) is 17.1. The average molecular weight is 368 g/mol. The van der Waals surface area contributed by atoms with Crippen LogP contribution >= 0.6 is 11.6 Å². The summed E-state index contributed by atoms with van der Waals surface area (Å²) in [5.41, 5.74) is -0.485. The highest BCUT2D eigenvalue weighted by atomic mass is 35.5. The number of rotatable bonds is 3. The third-order valence-corrected chi connectivity index (χ3v) is 4.55. The van der Waals surface area contributed by atoms with Gasteiger partial charge in [-0.2, -0.15) is 0 Å². The van der Waals surface area contributed by atoms with E-state index in [1.807, 2.05) is 39.0 Å². The molecule has 0 atom stereocenters. The SMILES string of the molecule is CCOC(=O)C1(c2cccc(Cl)c2)CCN(C(=O)OC(C)(C)C)CC1. The summed E-state index contributed by atoms with van der Waals surface area (Å²) in [6.07, 6.45) is 0.604. The van der Waals surface area contributed by atoms with E-state index in [-0.39, 0.29) is 12.1 Å². The summed E-state index contributed by atoms with van der Waals surface area (Å²) in [6.45, 7) is 8.48. The summed E-state index contributed by atoms with van der Waals surface area (Å²) in [5.74, 6) is -0.263. The van der Waals surface area contributed by atoms with Crippen molar-refractivity contribution in [3.63, 3.8) is 0 Å². The number of carbonyl (C=O) groups excluding carboxylic acids is 2. The van der Waals surface area contributed by atoms with E-state index in [9.17, 15) is 9.59 Å². The monoisotopic (exact) mass is 367 g/mol. The van der Waals surface area contributed by atoms with Gasteiger partial charge < -0.3 is 14.4 Å². The van der Waals surface area contributed by atoms with Crippen molar-refractivity contribution in [3.05, 3.63) is 34.9 Å². The van der Waals surface area contributed by atoms with Gasteiger partial charge in [-0.15, -0.1) is 0 Å². The van der Waals surface area contributed by atoms with Gasteiger partial charge in [0.2, 0.25) is 0 Å². The number of ether oxygens (including phenoxy) is 2. The van der Waals surface area contributed by atoms with Gasteiger partial charge in [0.15, 0.2) is 0 Å². The molecule has 1 aliphatic heterocycles. The van der Waals surface area contributed by atoms with Gasteiger partial charge in [0.1, 0.15) is 5.60 Å². The first-order valence-electron chi connectivity index (χ1n) is 8.59. The molecule has 0 saturated carbocycles. The highest BCUT2D eigenvalue weighted by Gasteiger charge is 2.45. The smallest absolute Gasteiger partial charge is 0.410 e. The highest BCUT2D eigenvalue weighted by Crippen LogP contribution is 2.38. The zero-order chi connectivity index (χ0) is 18.7. The second-order valence-corrected chi connectivity index (χ2v) is 7.72. The third-order valence-electron chi connectivity index (χ3n) is 4.31. The van der Waals surface area contributed by atoms with Crippen molar-refractivity contribution in [3.8, 4) is 0 Å². The van der Waals surface area contributed by atoms with E-state index in [1.165, 1.54) is 0 Å². The molecule has 1 heterocycles. The highest BCUT2D eigenvalue weighted by molar-refractivity contribution is 6.30. The Morgan fingerprint density at radius 1 is 1.24 bits per heavy atom. The van der Waals surface area contributed by atoms with Crippen LogP contribution in [0.15, 0.2) is 24.3 Å². The Hall–Kier alpha value is -1.75. The van der Waals surface area contributed by atoms with Gasteiger partial charge in [0.05, 0.1) is 12.0 Å². The molecule has 1 saturated heterocycles. The van der Waals surface area contributed by atoms with E-state index in [0.29, 0.717) is 37.6 Å². The lowest BCUT2D eigenvalue weighted by molar-refractivity contribution is -0.152.